The maximum atomic E-state index is 13.6. The topological polar surface area (TPSA) is 70.6 Å². The van der Waals surface area contributed by atoms with Crippen LogP contribution >= 0.6 is 0 Å². The van der Waals surface area contributed by atoms with Gasteiger partial charge in [0.15, 0.2) is 0 Å². The first kappa shape index (κ1) is 18.2. The van der Waals surface area contributed by atoms with Gasteiger partial charge in [-0.15, -0.1) is 0 Å². The van der Waals surface area contributed by atoms with Gasteiger partial charge in [0.1, 0.15) is 11.6 Å². The van der Waals surface area contributed by atoms with Crippen LogP contribution in [0.25, 0.3) is 0 Å². The van der Waals surface area contributed by atoms with Crippen molar-refractivity contribution >= 4 is 11.7 Å². The van der Waals surface area contributed by atoms with Gasteiger partial charge in [0.2, 0.25) is 0 Å². The molecular formula is C16H25FN2O3. The predicted molar refractivity (Wildman–Crippen MR) is 84.6 cm³/mol. The lowest BCUT2D eigenvalue weighted by atomic mass is 9.81. The summed E-state index contributed by atoms with van der Waals surface area (Å²) in [6, 6.07) is 3.57. The third-order valence-electron chi connectivity index (χ3n) is 3.56. The molecule has 22 heavy (non-hydrogen) atoms. The minimum Gasteiger partial charge on any atom is -0.497 e. The highest BCUT2D eigenvalue weighted by Crippen LogP contribution is 2.25. The Hall–Kier alpha value is -1.82. The summed E-state index contributed by atoms with van der Waals surface area (Å²) in [6.07, 6.45) is -0.554. The minimum atomic E-state index is -0.554. The second-order valence-electron chi connectivity index (χ2n) is 6.33. The fourth-order valence-corrected chi connectivity index (χ4v) is 2.21. The molecule has 124 valence electrons. The highest BCUT2D eigenvalue weighted by atomic mass is 19.1. The molecule has 0 heterocycles. The van der Waals surface area contributed by atoms with E-state index in [0.717, 1.165) is 0 Å². The number of nitrogens with one attached hydrogen (secondary N) is 2. The van der Waals surface area contributed by atoms with E-state index < -0.39 is 23.4 Å². The summed E-state index contributed by atoms with van der Waals surface area (Å²) in [4.78, 5) is 11.9. The second-order valence-corrected chi connectivity index (χ2v) is 6.33. The molecule has 0 aromatic heterocycles. The largest absolute Gasteiger partial charge is 0.497 e. The SMILES string of the molecule is COc1ccc(F)c(NC(=O)NCC(C)(C)C(O)C(C)C)c1. The average Bonchev–Trinajstić information content (AvgIpc) is 2.46. The van der Waals surface area contributed by atoms with Crippen LogP contribution in [0.3, 0.4) is 0 Å². The van der Waals surface area contributed by atoms with Crippen LogP contribution < -0.4 is 15.4 Å². The standard InChI is InChI=1S/C16H25FN2O3/c1-10(2)14(20)16(3,4)9-18-15(21)19-13-8-11(22-5)6-7-12(13)17/h6-8,10,14,20H,9H2,1-5H3,(H2,18,19,21). The number of carbonyl (C=O) groups is 1. The molecule has 1 rings (SSSR count). The Morgan fingerprint density at radius 1 is 1.41 bits per heavy atom. The van der Waals surface area contributed by atoms with Gasteiger partial charge in [0, 0.05) is 18.0 Å². The number of hydrogen-bond donors (Lipinski definition) is 3. The fraction of sp³-hybridized carbons (Fsp3) is 0.562. The monoisotopic (exact) mass is 312 g/mol. The van der Waals surface area contributed by atoms with Crippen LogP contribution in [0.15, 0.2) is 18.2 Å². The van der Waals surface area contributed by atoms with Crippen LogP contribution in [0.4, 0.5) is 14.9 Å². The van der Waals surface area contributed by atoms with Gasteiger partial charge in [0.05, 0.1) is 18.9 Å². The summed E-state index contributed by atoms with van der Waals surface area (Å²) in [7, 11) is 1.47. The predicted octanol–water partition coefficient (Wildman–Crippen LogP) is 3.00. The average molecular weight is 312 g/mol. The van der Waals surface area contributed by atoms with Crippen molar-refractivity contribution in [3.05, 3.63) is 24.0 Å². The summed E-state index contributed by atoms with van der Waals surface area (Å²) < 4.78 is 18.6. The Morgan fingerprint density at radius 2 is 2.05 bits per heavy atom. The summed E-state index contributed by atoms with van der Waals surface area (Å²) in [6.45, 7) is 7.83. The molecule has 1 aromatic rings. The highest BCUT2D eigenvalue weighted by Gasteiger charge is 2.30. The molecule has 6 heteroatoms. The molecule has 0 spiro atoms. The molecule has 0 aliphatic rings. The molecule has 1 atom stereocenters. The lowest BCUT2D eigenvalue weighted by molar-refractivity contribution is 0.0154. The van der Waals surface area contributed by atoms with Crippen LogP contribution in [0, 0.1) is 17.2 Å². The second kappa shape index (κ2) is 7.45. The molecule has 0 saturated heterocycles. The molecule has 0 bridgehead atoms. The zero-order chi connectivity index (χ0) is 16.9. The third-order valence-corrected chi connectivity index (χ3v) is 3.56. The lowest BCUT2D eigenvalue weighted by Crippen LogP contribution is -2.44. The lowest BCUT2D eigenvalue weighted by Gasteiger charge is -2.33. The van der Waals surface area contributed by atoms with Gasteiger partial charge < -0.3 is 20.5 Å². The Bertz CT molecular complexity index is 518. The number of hydrogen-bond acceptors (Lipinski definition) is 3. The summed E-state index contributed by atoms with van der Waals surface area (Å²) in [5.74, 6) is -0.0135. The van der Waals surface area contributed by atoms with Gasteiger partial charge in [-0.3, -0.25) is 0 Å². The molecule has 0 fully saturated rings. The number of benzene rings is 1. The van der Waals surface area contributed by atoms with E-state index in [1.54, 1.807) is 0 Å². The van der Waals surface area contributed by atoms with Gasteiger partial charge >= 0.3 is 6.03 Å². The van der Waals surface area contributed by atoms with Crippen molar-refractivity contribution in [2.45, 2.75) is 33.8 Å². The smallest absolute Gasteiger partial charge is 0.319 e. The van der Waals surface area contributed by atoms with Crippen LogP contribution in [-0.4, -0.2) is 30.9 Å². The van der Waals surface area contributed by atoms with Gasteiger partial charge in [-0.2, -0.15) is 0 Å². The summed E-state index contributed by atoms with van der Waals surface area (Å²) in [5, 5.41) is 15.2. The van der Waals surface area contributed by atoms with E-state index >= 15 is 0 Å². The van der Waals surface area contributed by atoms with Crippen molar-refractivity contribution in [2.75, 3.05) is 19.0 Å². The highest BCUT2D eigenvalue weighted by molar-refractivity contribution is 5.89. The van der Waals surface area contributed by atoms with Crippen LogP contribution in [0.2, 0.25) is 0 Å². The number of carbonyl (C=O) groups excluding carboxylic acids is 1. The number of aliphatic hydroxyl groups is 1. The number of aliphatic hydroxyl groups excluding tert-OH is 1. The normalized spacial score (nSPS) is 12.9. The van der Waals surface area contributed by atoms with E-state index in [9.17, 15) is 14.3 Å². The van der Waals surface area contributed by atoms with Crippen LogP contribution in [0.5, 0.6) is 5.75 Å². The number of methoxy groups -OCH3 is 1. The molecule has 0 aliphatic heterocycles. The molecule has 2 amide bonds. The molecule has 0 saturated carbocycles. The number of anilines is 1. The van der Waals surface area contributed by atoms with Gasteiger partial charge in [-0.1, -0.05) is 27.7 Å². The van der Waals surface area contributed by atoms with E-state index in [-0.39, 0.29) is 18.2 Å². The molecule has 1 unspecified atom stereocenters. The quantitative estimate of drug-likeness (QED) is 0.756. The summed E-state index contributed by atoms with van der Waals surface area (Å²) >= 11 is 0. The van der Waals surface area contributed by atoms with Crippen molar-refractivity contribution in [3.8, 4) is 5.75 Å². The summed E-state index contributed by atoms with van der Waals surface area (Å²) in [5.41, 5.74) is -0.447. The first-order valence-electron chi connectivity index (χ1n) is 7.24. The Kier molecular flexibility index (Phi) is 6.17. The maximum Gasteiger partial charge on any atom is 0.319 e. The zero-order valence-corrected chi connectivity index (χ0v) is 13.7. The number of halogens is 1. The first-order valence-corrected chi connectivity index (χ1v) is 7.24. The molecule has 0 aliphatic carbocycles. The number of rotatable bonds is 6. The van der Waals surface area contributed by atoms with Gasteiger partial charge in [-0.25, -0.2) is 9.18 Å². The first-order chi connectivity index (χ1) is 10.2. The van der Waals surface area contributed by atoms with Crippen LogP contribution in [0.1, 0.15) is 27.7 Å². The molecule has 1 aromatic carbocycles. The molecule has 5 nitrogen and oxygen atoms in total. The van der Waals surface area contributed by atoms with Crippen molar-refractivity contribution < 1.29 is 19.0 Å². The van der Waals surface area contributed by atoms with E-state index in [1.807, 2.05) is 27.7 Å². The van der Waals surface area contributed by atoms with Crippen LogP contribution in [-0.2, 0) is 0 Å². The van der Waals surface area contributed by atoms with Crippen molar-refractivity contribution in [1.29, 1.82) is 0 Å². The van der Waals surface area contributed by atoms with Crippen molar-refractivity contribution in [2.24, 2.45) is 11.3 Å². The minimum absolute atomic E-state index is 0.0408. The Labute approximate surface area is 130 Å². The number of amides is 2. The van der Waals surface area contributed by atoms with Crippen molar-refractivity contribution in [1.82, 2.24) is 5.32 Å². The molecular weight excluding hydrogens is 287 g/mol. The maximum absolute atomic E-state index is 13.6. The van der Waals surface area contributed by atoms with E-state index in [0.29, 0.717) is 5.75 Å². The zero-order valence-electron chi connectivity index (χ0n) is 13.7. The Balaban J connectivity index is 2.64. The van der Waals surface area contributed by atoms with E-state index in [1.165, 1.54) is 25.3 Å². The van der Waals surface area contributed by atoms with Crippen molar-refractivity contribution in [3.63, 3.8) is 0 Å². The van der Waals surface area contributed by atoms with Gasteiger partial charge in [-0.05, 0) is 18.1 Å². The van der Waals surface area contributed by atoms with E-state index in [4.69, 9.17) is 4.74 Å². The third kappa shape index (κ3) is 4.87. The fourth-order valence-electron chi connectivity index (χ4n) is 2.21. The van der Waals surface area contributed by atoms with Gasteiger partial charge in [0.25, 0.3) is 0 Å². The van der Waals surface area contributed by atoms with E-state index in [2.05, 4.69) is 10.6 Å². The Morgan fingerprint density at radius 3 is 2.59 bits per heavy atom. The molecule has 3 N–H and O–H groups in total. The molecule has 0 radical (unpaired) electrons. The number of ether oxygens (including phenoxy) is 1. The number of urea groups is 1.